The summed E-state index contributed by atoms with van der Waals surface area (Å²) < 4.78 is 43.5. The molecule has 0 saturated carbocycles. The molecule has 3 aromatic carbocycles. The first kappa shape index (κ1) is 42.5. The number of hydrogen-bond donors (Lipinski definition) is 1. The van der Waals surface area contributed by atoms with Crippen molar-refractivity contribution in [3.63, 3.8) is 0 Å². The summed E-state index contributed by atoms with van der Waals surface area (Å²) in [4.78, 5) is 20.6. The summed E-state index contributed by atoms with van der Waals surface area (Å²) in [5.74, 6) is 1.62. The number of nitrogens with zero attached hydrogens (tertiary/aromatic N) is 4. The number of carbonyl (C=O) groups is 1. The first-order chi connectivity index (χ1) is 28.4. The number of piperidine rings is 2. The number of hydrogen-bond acceptors (Lipinski definition) is 10. The van der Waals surface area contributed by atoms with Crippen LogP contribution in [0.1, 0.15) is 78.3 Å². The number of sulfone groups is 1. The number of nitriles is 1. The van der Waals surface area contributed by atoms with Gasteiger partial charge >= 0.3 is 5.97 Å². The summed E-state index contributed by atoms with van der Waals surface area (Å²) >= 11 is 6.88. The number of rotatable bonds is 15. The molecule has 13 heteroatoms. The molecule has 0 bridgehead atoms. The molecule has 1 N–H and O–H groups in total. The van der Waals surface area contributed by atoms with E-state index in [2.05, 4.69) is 41.9 Å². The van der Waals surface area contributed by atoms with E-state index in [4.69, 9.17) is 25.8 Å². The molecule has 3 fully saturated rings. The Balaban J connectivity index is 1.03. The first-order valence-corrected chi connectivity index (χ1v) is 22.8. The molecule has 0 radical (unpaired) electrons. The average Bonchev–Trinajstić information content (AvgIpc) is 3.52. The zero-order valence-electron chi connectivity index (χ0n) is 33.9. The molecule has 1 unspecified atom stereocenters. The molecule has 4 aromatic rings. The minimum absolute atomic E-state index is 0.0677. The van der Waals surface area contributed by atoms with Gasteiger partial charge in [-0.2, -0.15) is 5.26 Å². The molecule has 312 valence electrons. The number of ether oxygens (including phenoxy) is 3. The molecular weight excluding hydrogens is 788 g/mol. The lowest BCUT2D eigenvalue weighted by Crippen LogP contribution is -2.44. The standard InChI is InChI=1S/C46H53ClN4O7S/c1-32-36(9-5-10-38(32)39-11-6-13-42(33(39)2)56-19-8-17-50-16-7-14-46(30-50)15-20-59(54,55)31-46)29-58-44-23-43(57-28-35-21-34(24-48)25-49-26-35)37(22-40(44)47)27-51-18-4-3-12-41(51)45(52)53/h5-6,9-11,13,21-23,25-26,41H,3-4,7-8,12,14-20,27-31H2,1-2H3,(H,52,53)/t41-,46?/m0/s1. The van der Waals surface area contributed by atoms with Crippen LogP contribution >= 0.6 is 11.6 Å². The van der Waals surface area contributed by atoms with Crippen LogP contribution in [0.3, 0.4) is 0 Å². The van der Waals surface area contributed by atoms with Gasteiger partial charge in [-0.05, 0) is 117 Å². The number of halogens is 1. The normalized spacial score (nSPS) is 20.6. The number of aromatic nitrogens is 1. The lowest BCUT2D eigenvalue weighted by Gasteiger charge is -2.39. The molecule has 59 heavy (non-hydrogen) atoms. The van der Waals surface area contributed by atoms with Crippen molar-refractivity contribution in [3.8, 4) is 34.4 Å². The highest BCUT2D eigenvalue weighted by atomic mass is 35.5. The van der Waals surface area contributed by atoms with Gasteiger partial charge in [0.25, 0.3) is 0 Å². The van der Waals surface area contributed by atoms with E-state index in [1.165, 1.54) is 6.20 Å². The van der Waals surface area contributed by atoms with Crippen LogP contribution in [0.5, 0.6) is 17.2 Å². The molecular formula is C46H53ClN4O7S. The number of aliphatic carboxylic acids is 1. The SMILES string of the molecule is Cc1c(COc2cc(OCc3cncc(C#N)c3)c(CN3CCCC[C@H]3C(=O)O)cc2Cl)cccc1-c1cccc(OCCCN2CCCC3(CCS(=O)(=O)C3)C2)c1C. The Hall–Kier alpha value is -4.67. The minimum Gasteiger partial charge on any atom is -0.493 e. The molecule has 1 spiro atoms. The van der Waals surface area contributed by atoms with Gasteiger partial charge in [0, 0.05) is 49.2 Å². The summed E-state index contributed by atoms with van der Waals surface area (Å²) in [6.07, 6.45) is 9.21. The van der Waals surface area contributed by atoms with Crippen molar-refractivity contribution in [2.45, 2.75) is 84.6 Å². The molecule has 3 aliphatic rings. The predicted molar refractivity (Wildman–Crippen MR) is 228 cm³/mol. The van der Waals surface area contributed by atoms with Crippen LogP contribution in [0.15, 0.2) is 67.0 Å². The third-order valence-electron chi connectivity index (χ3n) is 12.2. The fraction of sp³-hybridized carbons (Fsp3) is 0.457. The van der Waals surface area contributed by atoms with Gasteiger partial charge in [0.2, 0.25) is 0 Å². The van der Waals surface area contributed by atoms with Crippen LogP contribution in [-0.4, -0.2) is 84.6 Å². The van der Waals surface area contributed by atoms with Crippen molar-refractivity contribution in [3.05, 3.63) is 105 Å². The first-order valence-electron chi connectivity index (χ1n) is 20.6. The van der Waals surface area contributed by atoms with E-state index in [1.807, 2.05) is 29.2 Å². The highest BCUT2D eigenvalue weighted by Crippen LogP contribution is 2.41. The average molecular weight is 841 g/mol. The van der Waals surface area contributed by atoms with E-state index in [9.17, 15) is 23.6 Å². The molecule has 7 rings (SSSR count). The van der Waals surface area contributed by atoms with Gasteiger partial charge in [-0.25, -0.2) is 8.42 Å². The zero-order valence-corrected chi connectivity index (χ0v) is 35.5. The Bertz CT molecular complexity index is 2310. The Morgan fingerprint density at radius 2 is 1.73 bits per heavy atom. The van der Waals surface area contributed by atoms with E-state index in [1.54, 1.807) is 24.4 Å². The number of carboxylic acids is 1. The van der Waals surface area contributed by atoms with Gasteiger partial charge < -0.3 is 24.2 Å². The van der Waals surface area contributed by atoms with E-state index >= 15 is 0 Å². The van der Waals surface area contributed by atoms with E-state index < -0.39 is 21.8 Å². The maximum absolute atomic E-state index is 12.2. The van der Waals surface area contributed by atoms with Crippen LogP contribution < -0.4 is 14.2 Å². The maximum Gasteiger partial charge on any atom is 0.320 e. The maximum atomic E-state index is 12.2. The summed E-state index contributed by atoms with van der Waals surface area (Å²) in [6.45, 7) is 8.89. The summed E-state index contributed by atoms with van der Waals surface area (Å²) in [5, 5.41) is 19.7. The Morgan fingerprint density at radius 3 is 2.51 bits per heavy atom. The van der Waals surface area contributed by atoms with Crippen molar-refractivity contribution in [1.82, 2.24) is 14.8 Å². The lowest BCUT2D eigenvalue weighted by molar-refractivity contribution is -0.144. The molecule has 1 aromatic heterocycles. The highest BCUT2D eigenvalue weighted by Gasteiger charge is 2.44. The number of pyridine rings is 1. The van der Waals surface area contributed by atoms with Crippen LogP contribution in [0.2, 0.25) is 5.02 Å². The second-order valence-electron chi connectivity index (χ2n) is 16.4. The fourth-order valence-corrected chi connectivity index (χ4v) is 11.5. The van der Waals surface area contributed by atoms with Gasteiger partial charge in [0.15, 0.2) is 9.84 Å². The second-order valence-corrected chi connectivity index (χ2v) is 19.0. The molecule has 4 heterocycles. The van der Waals surface area contributed by atoms with Crippen LogP contribution in [0.25, 0.3) is 11.1 Å². The van der Waals surface area contributed by atoms with E-state index in [-0.39, 0.29) is 18.6 Å². The molecule has 2 atom stereocenters. The molecule has 0 aliphatic carbocycles. The van der Waals surface area contributed by atoms with E-state index in [0.29, 0.717) is 59.7 Å². The fourth-order valence-electron chi connectivity index (χ4n) is 9.04. The predicted octanol–water partition coefficient (Wildman–Crippen LogP) is 8.16. The Labute approximate surface area is 352 Å². The summed E-state index contributed by atoms with van der Waals surface area (Å²) in [5.41, 5.74) is 7.10. The largest absolute Gasteiger partial charge is 0.493 e. The molecule has 3 saturated heterocycles. The van der Waals surface area contributed by atoms with Crippen LogP contribution in [0.4, 0.5) is 0 Å². The third kappa shape index (κ3) is 10.4. The van der Waals surface area contributed by atoms with Gasteiger partial charge in [-0.3, -0.25) is 14.7 Å². The van der Waals surface area contributed by atoms with E-state index in [0.717, 1.165) is 103 Å². The summed E-state index contributed by atoms with van der Waals surface area (Å²) in [7, 11) is -2.91. The Morgan fingerprint density at radius 1 is 0.932 bits per heavy atom. The topological polar surface area (TPSA) is 142 Å². The highest BCUT2D eigenvalue weighted by molar-refractivity contribution is 7.91. The smallest absolute Gasteiger partial charge is 0.320 e. The van der Waals surface area contributed by atoms with Crippen molar-refractivity contribution in [2.75, 3.05) is 44.3 Å². The van der Waals surface area contributed by atoms with Gasteiger partial charge in [0.1, 0.15) is 42.6 Å². The second kappa shape index (κ2) is 18.7. The van der Waals surface area contributed by atoms with Crippen molar-refractivity contribution >= 4 is 27.4 Å². The lowest BCUT2D eigenvalue weighted by atomic mass is 9.79. The zero-order chi connectivity index (χ0) is 41.6. The monoisotopic (exact) mass is 840 g/mol. The van der Waals surface area contributed by atoms with Gasteiger partial charge in [0.05, 0.1) is 28.7 Å². The minimum atomic E-state index is -2.91. The number of likely N-dealkylation sites (tertiary alicyclic amines) is 2. The van der Waals surface area contributed by atoms with Crippen LogP contribution in [-0.2, 0) is 34.4 Å². The molecule has 0 amide bonds. The summed E-state index contributed by atoms with van der Waals surface area (Å²) in [6, 6.07) is 19.1. The van der Waals surface area contributed by atoms with Crippen molar-refractivity contribution < 1.29 is 32.5 Å². The van der Waals surface area contributed by atoms with Gasteiger partial charge in [-0.15, -0.1) is 0 Å². The van der Waals surface area contributed by atoms with Crippen molar-refractivity contribution in [1.29, 1.82) is 5.26 Å². The van der Waals surface area contributed by atoms with Crippen molar-refractivity contribution in [2.24, 2.45) is 5.41 Å². The van der Waals surface area contributed by atoms with Gasteiger partial charge in [-0.1, -0.05) is 48.4 Å². The molecule has 3 aliphatic heterocycles. The molecule has 11 nitrogen and oxygen atoms in total. The third-order valence-corrected chi connectivity index (χ3v) is 14.4. The number of benzene rings is 3. The van der Waals surface area contributed by atoms with Crippen LogP contribution in [0, 0.1) is 30.6 Å². The quantitative estimate of drug-likeness (QED) is 0.116. The Kier molecular flexibility index (Phi) is 13.5. The number of carboxylic acid groups (broad SMARTS) is 1.